The van der Waals surface area contributed by atoms with Crippen LogP contribution >= 0.6 is 11.6 Å². The van der Waals surface area contributed by atoms with E-state index in [1.165, 1.54) is 0 Å². The number of nitrogens with one attached hydrogen (secondary N) is 1. The molecule has 1 fully saturated rings. The van der Waals surface area contributed by atoms with Crippen LogP contribution in [0.25, 0.3) is 0 Å². The number of pyridine rings is 2. The maximum atomic E-state index is 12.7. The van der Waals surface area contributed by atoms with E-state index in [9.17, 15) is 18.0 Å². The van der Waals surface area contributed by atoms with Crippen molar-refractivity contribution in [1.82, 2.24) is 14.9 Å². The van der Waals surface area contributed by atoms with E-state index in [1.807, 2.05) is 0 Å². The van der Waals surface area contributed by atoms with Gasteiger partial charge in [-0.25, -0.2) is 9.78 Å². The van der Waals surface area contributed by atoms with Gasteiger partial charge in [-0.05, 0) is 18.2 Å². The average molecular weight is 386 g/mol. The van der Waals surface area contributed by atoms with Crippen LogP contribution in [0.4, 0.5) is 29.5 Å². The SMILES string of the molecule is O=C(Nc1cccnc1)N1CCN(c2ncc(C(F)(F)F)cc2Cl)CC1. The van der Waals surface area contributed by atoms with Crippen LogP contribution in [-0.2, 0) is 6.18 Å². The Balaban J connectivity index is 1.61. The van der Waals surface area contributed by atoms with Gasteiger partial charge in [-0.3, -0.25) is 4.98 Å². The normalized spacial score (nSPS) is 15.1. The Morgan fingerprint density at radius 2 is 1.92 bits per heavy atom. The average Bonchev–Trinajstić information content (AvgIpc) is 2.62. The van der Waals surface area contributed by atoms with E-state index in [2.05, 4.69) is 15.3 Å². The molecule has 0 unspecified atom stereocenters. The standard InChI is InChI=1S/C16H15ClF3N5O/c17-13-8-11(16(18,19)20)9-22-14(13)24-4-6-25(7-5-24)15(26)23-12-2-1-3-21-10-12/h1-3,8-10H,4-7H2,(H,23,26). The zero-order valence-corrected chi connectivity index (χ0v) is 14.3. The summed E-state index contributed by atoms with van der Waals surface area (Å²) in [4.78, 5) is 23.4. The monoisotopic (exact) mass is 385 g/mol. The lowest BCUT2D eigenvalue weighted by Crippen LogP contribution is -2.50. The zero-order valence-electron chi connectivity index (χ0n) is 13.5. The minimum atomic E-state index is -4.49. The van der Waals surface area contributed by atoms with Gasteiger partial charge in [0.15, 0.2) is 0 Å². The number of carbonyl (C=O) groups excluding carboxylic acids is 1. The van der Waals surface area contributed by atoms with Gasteiger partial charge in [0.25, 0.3) is 0 Å². The van der Waals surface area contributed by atoms with Gasteiger partial charge < -0.3 is 15.1 Å². The molecule has 138 valence electrons. The molecule has 6 nitrogen and oxygen atoms in total. The van der Waals surface area contributed by atoms with Crippen molar-refractivity contribution in [3.63, 3.8) is 0 Å². The number of nitrogens with zero attached hydrogens (tertiary/aromatic N) is 4. The predicted octanol–water partition coefficient (Wildman–Crippen LogP) is 3.50. The highest BCUT2D eigenvalue weighted by molar-refractivity contribution is 6.33. The molecule has 1 saturated heterocycles. The highest BCUT2D eigenvalue weighted by Gasteiger charge is 2.32. The predicted molar refractivity (Wildman–Crippen MR) is 91.3 cm³/mol. The van der Waals surface area contributed by atoms with Gasteiger partial charge in [0.1, 0.15) is 5.82 Å². The number of halogens is 4. The molecule has 26 heavy (non-hydrogen) atoms. The van der Waals surface area contributed by atoms with Crippen LogP contribution in [0.2, 0.25) is 5.02 Å². The smallest absolute Gasteiger partial charge is 0.352 e. The van der Waals surface area contributed by atoms with Crippen LogP contribution in [-0.4, -0.2) is 47.1 Å². The molecular weight excluding hydrogens is 371 g/mol. The molecule has 0 spiro atoms. The van der Waals surface area contributed by atoms with Crippen LogP contribution in [0, 0.1) is 0 Å². The molecule has 1 N–H and O–H groups in total. The number of anilines is 2. The lowest BCUT2D eigenvalue weighted by atomic mass is 10.2. The third kappa shape index (κ3) is 4.16. The van der Waals surface area contributed by atoms with E-state index in [1.54, 1.807) is 34.3 Å². The number of aromatic nitrogens is 2. The quantitative estimate of drug-likeness (QED) is 0.859. The fraction of sp³-hybridized carbons (Fsp3) is 0.312. The van der Waals surface area contributed by atoms with Gasteiger partial charge in [-0.15, -0.1) is 0 Å². The number of hydrogen-bond donors (Lipinski definition) is 1. The van der Waals surface area contributed by atoms with Gasteiger partial charge in [-0.2, -0.15) is 13.2 Å². The van der Waals surface area contributed by atoms with Gasteiger partial charge in [0.2, 0.25) is 0 Å². The summed E-state index contributed by atoms with van der Waals surface area (Å²) in [5, 5.41) is 2.68. The molecule has 0 saturated carbocycles. The summed E-state index contributed by atoms with van der Waals surface area (Å²) in [5.74, 6) is 0.284. The first-order valence-electron chi connectivity index (χ1n) is 7.78. The molecule has 2 amide bonds. The molecular formula is C16H15ClF3N5O. The number of piperazine rings is 1. The first-order valence-corrected chi connectivity index (χ1v) is 8.16. The Hall–Kier alpha value is -2.55. The Kier molecular flexibility index (Phi) is 5.17. The zero-order chi connectivity index (χ0) is 18.7. The van der Waals surface area contributed by atoms with Crippen LogP contribution in [0.3, 0.4) is 0 Å². The van der Waals surface area contributed by atoms with Gasteiger partial charge in [0, 0.05) is 38.6 Å². The van der Waals surface area contributed by atoms with Crippen molar-refractivity contribution in [2.45, 2.75) is 6.18 Å². The fourth-order valence-corrected chi connectivity index (χ4v) is 2.86. The summed E-state index contributed by atoms with van der Waals surface area (Å²) in [5.41, 5.74) is -0.298. The first-order chi connectivity index (χ1) is 12.3. The number of alkyl halides is 3. The molecule has 0 atom stereocenters. The highest BCUT2D eigenvalue weighted by atomic mass is 35.5. The third-order valence-corrected chi connectivity index (χ3v) is 4.21. The van der Waals surface area contributed by atoms with E-state index in [0.717, 1.165) is 12.3 Å². The van der Waals surface area contributed by atoms with Crippen molar-refractivity contribution >= 4 is 29.1 Å². The van der Waals surface area contributed by atoms with Crippen molar-refractivity contribution in [3.8, 4) is 0 Å². The van der Waals surface area contributed by atoms with Crippen LogP contribution in [0.5, 0.6) is 0 Å². The molecule has 10 heteroatoms. The van der Waals surface area contributed by atoms with Crippen molar-refractivity contribution in [3.05, 3.63) is 47.4 Å². The van der Waals surface area contributed by atoms with Gasteiger partial charge in [-0.1, -0.05) is 11.6 Å². The second-order valence-corrected chi connectivity index (χ2v) is 6.08. The second kappa shape index (κ2) is 7.36. The van der Waals surface area contributed by atoms with Gasteiger partial charge in [0.05, 0.1) is 22.5 Å². The number of hydrogen-bond acceptors (Lipinski definition) is 4. The maximum absolute atomic E-state index is 12.7. The summed E-state index contributed by atoms with van der Waals surface area (Å²) in [6, 6.07) is 4.05. The van der Waals surface area contributed by atoms with E-state index in [-0.39, 0.29) is 16.9 Å². The molecule has 0 radical (unpaired) electrons. The molecule has 1 aliphatic rings. The molecule has 2 aromatic heterocycles. The van der Waals surface area contributed by atoms with Crippen molar-refractivity contribution < 1.29 is 18.0 Å². The lowest BCUT2D eigenvalue weighted by molar-refractivity contribution is -0.137. The van der Waals surface area contributed by atoms with Gasteiger partial charge >= 0.3 is 12.2 Å². The Morgan fingerprint density at radius 1 is 1.19 bits per heavy atom. The summed E-state index contributed by atoms with van der Waals surface area (Å²) in [7, 11) is 0. The number of carbonyl (C=O) groups is 1. The summed E-state index contributed by atoms with van der Waals surface area (Å²) >= 11 is 5.97. The summed E-state index contributed by atoms with van der Waals surface area (Å²) in [6.45, 7) is 1.62. The summed E-state index contributed by atoms with van der Waals surface area (Å²) < 4.78 is 38.1. The Morgan fingerprint density at radius 3 is 2.50 bits per heavy atom. The largest absolute Gasteiger partial charge is 0.417 e. The second-order valence-electron chi connectivity index (χ2n) is 5.67. The summed E-state index contributed by atoms with van der Waals surface area (Å²) in [6.07, 6.45) is -0.573. The van der Waals surface area contributed by atoms with Crippen molar-refractivity contribution in [2.75, 3.05) is 36.4 Å². The van der Waals surface area contributed by atoms with Crippen LogP contribution < -0.4 is 10.2 Å². The van der Waals surface area contributed by atoms with Crippen molar-refractivity contribution in [2.24, 2.45) is 0 Å². The van der Waals surface area contributed by atoms with E-state index in [4.69, 9.17) is 11.6 Å². The van der Waals surface area contributed by atoms with Crippen molar-refractivity contribution in [1.29, 1.82) is 0 Å². The first kappa shape index (κ1) is 18.2. The Labute approximate surface area is 152 Å². The molecule has 1 aliphatic heterocycles. The van der Waals surface area contributed by atoms with E-state index < -0.39 is 11.7 Å². The van der Waals surface area contributed by atoms with E-state index >= 15 is 0 Å². The van der Waals surface area contributed by atoms with Crippen LogP contribution in [0.1, 0.15) is 5.56 Å². The number of urea groups is 1. The third-order valence-electron chi connectivity index (χ3n) is 3.93. The molecule has 0 aliphatic carbocycles. The number of rotatable bonds is 2. The maximum Gasteiger partial charge on any atom is 0.417 e. The molecule has 0 bridgehead atoms. The lowest BCUT2D eigenvalue weighted by Gasteiger charge is -2.35. The fourth-order valence-electron chi connectivity index (χ4n) is 2.58. The molecule has 0 aromatic carbocycles. The Bertz CT molecular complexity index is 779. The van der Waals surface area contributed by atoms with E-state index in [0.29, 0.717) is 31.9 Å². The topological polar surface area (TPSA) is 61.4 Å². The minimum Gasteiger partial charge on any atom is -0.352 e. The molecule has 3 rings (SSSR count). The molecule has 3 heterocycles. The minimum absolute atomic E-state index is 0.0620. The van der Waals surface area contributed by atoms with Crippen LogP contribution in [0.15, 0.2) is 36.8 Å². The number of amides is 2. The highest BCUT2D eigenvalue weighted by Crippen LogP contribution is 2.33. The molecule has 2 aromatic rings.